The Morgan fingerprint density at radius 2 is 1.92 bits per heavy atom. The molecule has 142 valence electrons. The molecule has 5 nitrogen and oxygen atoms in total. The lowest BCUT2D eigenvalue weighted by atomic mass is 9.91. The lowest BCUT2D eigenvalue weighted by molar-refractivity contribution is 0.0645. The molecule has 2 heterocycles. The van der Waals surface area contributed by atoms with Crippen LogP contribution in [0.5, 0.6) is 5.75 Å². The number of hydrogen-bond acceptors (Lipinski definition) is 4. The molecule has 0 bridgehead atoms. The van der Waals surface area contributed by atoms with Gasteiger partial charge >= 0.3 is 0 Å². The molecule has 1 amide bonds. The molecule has 0 radical (unpaired) electrons. The van der Waals surface area contributed by atoms with Gasteiger partial charge in [0.05, 0.1) is 0 Å². The summed E-state index contributed by atoms with van der Waals surface area (Å²) >= 11 is 0. The van der Waals surface area contributed by atoms with Gasteiger partial charge in [-0.15, -0.1) is 12.4 Å². The number of rotatable bonds is 5. The molecule has 1 unspecified atom stereocenters. The maximum atomic E-state index is 12.9. The van der Waals surface area contributed by atoms with Crippen LogP contribution in [-0.4, -0.2) is 29.9 Å². The molecule has 7 heteroatoms. The second-order valence-corrected chi connectivity index (χ2v) is 6.50. The van der Waals surface area contributed by atoms with Crippen LogP contribution in [0.2, 0.25) is 0 Å². The number of likely N-dealkylation sites (tertiary alicyclic amines) is 1. The number of furan rings is 1. The summed E-state index contributed by atoms with van der Waals surface area (Å²) in [5.74, 6) is 1.47. The molecular weight excluding hydrogens is 359 g/mol. The van der Waals surface area contributed by atoms with Crippen molar-refractivity contribution in [3.63, 3.8) is 0 Å². The van der Waals surface area contributed by atoms with Crippen molar-refractivity contribution in [2.45, 2.75) is 32.4 Å². The van der Waals surface area contributed by atoms with E-state index >= 15 is 0 Å². The minimum atomic E-state index is -0.314. The molecular formula is C19H24ClFN2O3. The van der Waals surface area contributed by atoms with Gasteiger partial charge < -0.3 is 19.8 Å². The summed E-state index contributed by atoms with van der Waals surface area (Å²) in [7, 11) is 0. The maximum absolute atomic E-state index is 12.9. The van der Waals surface area contributed by atoms with Gasteiger partial charge in [0, 0.05) is 19.1 Å². The van der Waals surface area contributed by atoms with Crippen LogP contribution in [0.15, 0.2) is 40.8 Å². The van der Waals surface area contributed by atoms with Crippen molar-refractivity contribution in [3.05, 3.63) is 53.7 Å². The summed E-state index contributed by atoms with van der Waals surface area (Å²) < 4.78 is 24.0. The van der Waals surface area contributed by atoms with Crippen LogP contribution in [0, 0.1) is 11.7 Å². The monoisotopic (exact) mass is 382 g/mol. The van der Waals surface area contributed by atoms with E-state index in [9.17, 15) is 9.18 Å². The van der Waals surface area contributed by atoms with Gasteiger partial charge in [-0.1, -0.05) is 0 Å². The van der Waals surface area contributed by atoms with Crippen molar-refractivity contribution in [1.29, 1.82) is 0 Å². The maximum Gasteiger partial charge on any atom is 0.289 e. The molecule has 0 saturated carbocycles. The average Bonchev–Trinajstić information content (AvgIpc) is 3.10. The summed E-state index contributed by atoms with van der Waals surface area (Å²) in [6.07, 6.45) is 1.84. The Morgan fingerprint density at radius 3 is 2.54 bits per heavy atom. The third kappa shape index (κ3) is 4.99. The highest BCUT2D eigenvalue weighted by Crippen LogP contribution is 2.22. The SMILES string of the molecule is CC(N)C1CCN(C(=O)c2ccc(COc3ccc(F)cc3)o2)CC1.Cl. The van der Waals surface area contributed by atoms with Gasteiger partial charge in [0.15, 0.2) is 5.76 Å². The Bertz CT molecular complexity index is 710. The number of benzene rings is 1. The van der Waals surface area contributed by atoms with Crippen LogP contribution in [0.1, 0.15) is 36.1 Å². The fraction of sp³-hybridized carbons (Fsp3) is 0.421. The zero-order valence-electron chi connectivity index (χ0n) is 14.7. The van der Waals surface area contributed by atoms with Crippen molar-refractivity contribution in [3.8, 4) is 5.75 Å². The lowest BCUT2D eigenvalue weighted by Crippen LogP contribution is -2.42. The van der Waals surface area contributed by atoms with Crippen molar-refractivity contribution in [1.82, 2.24) is 4.90 Å². The van der Waals surface area contributed by atoms with Crippen LogP contribution in [0.25, 0.3) is 0 Å². The van der Waals surface area contributed by atoms with Crippen LogP contribution in [-0.2, 0) is 6.61 Å². The Balaban J connectivity index is 0.00000243. The van der Waals surface area contributed by atoms with Gasteiger partial charge in [0.2, 0.25) is 0 Å². The van der Waals surface area contributed by atoms with Gasteiger partial charge in [-0.25, -0.2) is 4.39 Å². The highest BCUT2D eigenvalue weighted by Gasteiger charge is 2.26. The first kappa shape index (κ1) is 20.3. The van der Waals surface area contributed by atoms with Gasteiger partial charge in [-0.3, -0.25) is 4.79 Å². The van der Waals surface area contributed by atoms with E-state index in [4.69, 9.17) is 14.9 Å². The van der Waals surface area contributed by atoms with E-state index in [0.29, 0.717) is 36.3 Å². The smallest absolute Gasteiger partial charge is 0.289 e. The normalized spacial score (nSPS) is 16.0. The molecule has 1 aliphatic heterocycles. The molecule has 1 atom stereocenters. The Labute approximate surface area is 158 Å². The number of nitrogens with two attached hydrogens (primary N) is 1. The average molecular weight is 383 g/mol. The molecule has 3 rings (SSSR count). The van der Waals surface area contributed by atoms with Gasteiger partial charge in [0.25, 0.3) is 5.91 Å². The number of carbonyl (C=O) groups is 1. The van der Waals surface area contributed by atoms with Crippen LogP contribution in [0.3, 0.4) is 0 Å². The number of nitrogens with zero attached hydrogens (tertiary/aromatic N) is 1. The third-order valence-corrected chi connectivity index (χ3v) is 4.64. The predicted molar refractivity (Wildman–Crippen MR) is 99.0 cm³/mol. The van der Waals surface area contributed by atoms with Crippen molar-refractivity contribution in [2.24, 2.45) is 11.7 Å². The molecule has 0 spiro atoms. The molecule has 1 aromatic heterocycles. The quantitative estimate of drug-likeness (QED) is 0.857. The van der Waals surface area contributed by atoms with Crippen LogP contribution >= 0.6 is 12.4 Å². The topological polar surface area (TPSA) is 68.7 Å². The largest absolute Gasteiger partial charge is 0.486 e. The molecule has 1 aromatic carbocycles. The van der Waals surface area contributed by atoms with Crippen LogP contribution < -0.4 is 10.5 Å². The predicted octanol–water partition coefficient (Wildman–Crippen LogP) is 3.62. The minimum Gasteiger partial charge on any atom is -0.486 e. The Morgan fingerprint density at radius 1 is 1.27 bits per heavy atom. The van der Waals surface area contributed by atoms with Crippen molar-refractivity contribution >= 4 is 18.3 Å². The molecule has 1 saturated heterocycles. The van der Waals surface area contributed by atoms with Gasteiger partial charge in [0.1, 0.15) is 23.9 Å². The number of halogens is 2. The summed E-state index contributed by atoms with van der Waals surface area (Å²) in [4.78, 5) is 14.3. The van der Waals surface area contributed by atoms with E-state index in [-0.39, 0.29) is 36.8 Å². The summed E-state index contributed by atoms with van der Waals surface area (Å²) in [5, 5.41) is 0. The van der Waals surface area contributed by atoms with Crippen molar-refractivity contribution in [2.75, 3.05) is 13.1 Å². The highest BCUT2D eigenvalue weighted by atomic mass is 35.5. The second kappa shape index (κ2) is 9.05. The first-order chi connectivity index (χ1) is 12.0. The number of piperidine rings is 1. The molecule has 1 aliphatic rings. The van der Waals surface area contributed by atoms with E-state index < -0.39 is 0 Å². The van der Waals surface area contributed by atoms with E-state index in [1.54, 1.807) is 24.3 Å². The van der Waals surface area contributed by atoms with Gasteiger partial charge in [-0.2, -0.15) is 0 Å². The molecule has 2 N–H and O–H groups in total. The fourth-order valence-electron chi connectivity index (χ4n) is 3.04. The van der Waals surface area contributed by atoms with E-state index in [1.807, 2.05) is 11.8 Å². The third-order valence-electron chi connectivity index (χ3n) is 4.64. The van der Waals surface area contributed by atoms with E-state index in [1.165, 1.54) is 12.1 Å². The minimum absolute atomic E-state index is 0. The van der Waals surface area contributed by atoms with E-state index in [2.05, 4.69) is 0 Å². The first-order valence-electron chi connectivity index (χ1n) is 8.55. The number of ether oxygens (including phenoxy) is 1. The lowest BCUT2D eigenvalue weighted by Gasteiger charge is -2.33. The zero-order chi connectivity index (χ0) is 17.8. The summed E-state index contributed by atoms with van der Waals surface area (Å²) in [5.41, 5.74) is 5.94. The summed E-state index contributed by atoms with van der Waals surface area (Å²) in [6, 6.07) is 9.32. The van der Waals surface area contributed by atoms with Crippen LogP contribution in [0.4, 0.5) is 4.39 Å². The van der Waals surface area contributed by atoms with Crippen molar-refractivity contribution < 1.29 is 18.3 Å². The van der Waals surface area contributed by atoms with Gasteiger partial charge in [-0.05, 0) is 62.1 Å². The molecule has 1 fully saturated rings. The zero-order valence-corrected chi connectivity index (χ0v) is 15.5. The molecule has 26 heavy (non-hydrogen) atoms. The summed E-state index contributed by atoms with van der Waals surface area (Å²) in [6.45, 7) is 3.61. The second-order valence-electron chi connectivity index (χ2n) is 6.50. The fourth-order valence-corrected chi connectivity index (χ4v) is 3.04. The standard InChI is InChI=1S/C19H23FN2O3.ClH/c1-13(21)14-8-10-22(11-9-14)19(23)18-7-6-17(25-18)12-24-16-4-2-15(20)3-5-16;/h2-7,13-14H,8-12,21H2,1H3;1H. The Hall–Kier alpha value is -2.05. The number of carbonyl (C=O) groups excluding carboxylic acids is 1. The molecule has 0 aliphatic carbocycles. The number of hydrogen-bond donors (Lipinski definition) is 1. The Kier molecular flexibility index (Phi) is 7.06. The first-order valence-corrected chi connectivity index (χ1v) is 8.55. The number of amides is 1. The highest BCUT2D eigenvalue weighted by molar-refractivity contribution is 5.91. The van der Waals surface area contributed by atoms with E-state index in [0.717, 1.165) is 12.8 Å². The molecule has 2 aromatic rings.